The highest BCUT2D eigenvalue weighted by atomic mass is 16.5. The predicted octanol–water partition coefficient (Wildman–Crippen LogP) is 2.48. The Kier molecular flexibility index (Phi) is 4.82. The molecule has 4 heteroatoms. The third-order valence-corrected chi connectivity index (χ3v) is 2.67. The van der Waals surface area contributed by atoms with Crippen molar-refractivity contribution in [2.24, 2.45) is 5.92 Å². The minimum absolute atomic E-state index is 0.344. The number of carbonyl (C=O) groups excluding carboxylic acids is 1. The molecule has 0 heterocycles. The Bertz CT molecular complexity index is 390. The van der Waals surface area contributed by atoms with Crippen LogP contribution in [0.2, 0.25) is 0 Å². The summed E-state index contributed by atoms with van der Waals surface area (Å²) in [5.74, 6) is 0.515. The highest BCUT2D eigenvalue weighted by Gasteiger charge is 2.11. The van der Waals surface area contributed by atoms with Gasteiger partial charge >= 0.3 is 5.97 Å². The van der Waals surface area contributed by atoms with Gasteiger partial charge in [-0.3, -0.25) is 0 Å². The van der Waals surface area contributed by atoms with Gasteiger partial charge in [0.25, 0.3) is 0 Å². The van der Waals surface area contributed by atoms with Gasteiger partial charge in [0.05, 0.1) is 25.0 Å². The number of nitrogen functional groups attached to an aromatic ring is 1. The third-order valence-electron chi connectivity index (χ3n) is 2.67. The quantitative estimate of drug-likeness (QED) is 0.631. The van der Waals surface area contributed by atoms with Crippen LogP contribution in [0.5, 0.6) is 5.75 Å². The van der Waals surface area contributed by atoms with Gasteiger partial charge in [-0.15, -0.1) is 0 Å². The summed E-state index contributed by atoms with van der Waals surface area (Å²) < 4.78 is 10.2. The summed E-state index contributed by atoms with van der Waals surface area (Å²) in [5, 5.41) is 0. The fourth-order valence-corrected chi connectivity index (χ4v) is 1.26. The first-order chi connectivity index (χ1) is 8.08. The monoisotopic (exact) mass is 237 g/mol. The molecule has 1 aromatic rings. The lowest BCUT2D eigenvalue weighted by molar-refractivity contribution is 0.0447. The van der Waals surface area contributed by atoms with Gasteiger partial charge < -0.3 is 15.2 Å². The van der Waals surface area contributed by atoms with Crippen LogP contribution in [0.1, 0.15) is 30.6 Å². The Balaban J connectivity index is 2.69. The van der Waals surface area contributed by atoms with Crippen LogP contribution in [0.25, 0.3) is 0 Å². The summed E-state index contributed by atoms with van der Waals surface area (Å²) in [7, 11) is 1.51. The molecule has 1 rings (SSSR count). The molecule has 0 fully saturated rings. The van der Waals surface area contributed by atoms with Crippen LogP contribution in [-0.2, 0) is 4.74 Å². The second-order valence-electron chi connectivity index (χ2n) is 4.07. The molecule has 0 radical (unpaired) electrons. The van der Waals surface area contributed by atoms with E-state index in [2.05, 4.69) is 6.92 Å². The van der Waals surface area contributed by atoms with Gasteiger partial charge in [0.15, 0.2) is 0 Å². The smallest absolute Gasteiger partial charge is 0.338 e. The molecule has 17 heavy (non-hydrogen) atoms. The fraction of sp³-hybridized carbons (Fsp3) is 0.462. The standard InChI is InChI=1S/C13H19NO3/c1-4-9(2)8-17-13(15)10-5-6-11(14)12(7-10)16-3/h5-7,9H,4,8,14H2,1-3H3. The van der Waals surface area contributed by atoms with E-state index < -0.39 is 0 Å². The van der Waals surface area contributed by atoms with E-state index in [4.69, 9.17) is 15.2 Å². The largest absolute Gasteiger partial charge is 0.495 e. The number of benzene rings is 1. The van der Waals surface area contributed by atoms with Crippen molar-refractivity contribution in [2.75, 3.05) is 19.5 Å². The second kappa shape index (κ2) is 6.13. The number of anilines is 1. The van der Waals surface area contributed by atoms with Crippen molar-refractivity contribution in [3.63, 3.8) is 0 Å². The Labute approximate surface area is 102 Å². The molecule has 1 aromatic carbocycles. The van der Waals surface area contributed by atoms with Crippen molar-refractivity contribution in [1.29, 1.82) is 0 Å². The molecule has 4 nitrogen and oxygen atoms in total. The zero-order valence-corrected chi connectivity index (χ0v) is 10.5. The van der Waals surface area contributed by atoms with Gasteiger partial charge in [-0.1, -0.05) is 20.3 Å². The first kappa shape index (κ1) is 13.4. The zero-order valence-electron chi connectivity index (χ0n) is 10.5. The van der Waals surface area contributed by atoms with E-state index in [1.165, 1.54) is 7.11 Å². The van der Waals surface area contributed by atoms with Crippen LogP contribution in [0.15, 0.2) is 18.2 Å². The van der Waals surface area contributed by atoms with Crippen molar-refractivity contribution in [3.05, 3.63) is 23.8 Å². The van der Waals surface area contributed by atoms with Crippen LogP contribution in [0.3, 0.4) is 0 Å². The summed E-state index contributed by atoms with van der Waals surface area (Å²) in [6.45, 7) is 4.53. The lowest BCUT2D eigenvalue weighted by atomic mass is 10.1. The number of methoxy groups -OCH3 is 1. The van der Waals surface area contributed by atoms with E-state index in [0.29, 0.717) is 29.5 Å². The number of esters is 1. The van der Waals surface area contributed by atoms with E-state index in [9.17, 15) is 4.79 Å². The molecule has 2 N–H and O–H groups in total. The third kappa shape index (κ3) is 3.66. The summed E-state index contributed by atoms with van der Waals surface area (Å²) in [6, 6.07) is 4.86. The van der Waals surface area contributed by atoms with Gasteiger partial charge in [0.2, 0.25) is 0 Å². The second-order valence-corrected chi connectivity index (χ2v) is 4.07. The van der Waals surface area contributed by atoms with E-state index in [1.54, 1.807) is 18.2 Å². The normalized spacial score (nSPS) is 11.9. The zero-order chi connectivity index (χ0) is 12.8. The highest BCUT2D eigenvalue weighted by Crippen LogP contribution is 2.22. The van der Waals surface area contributed by atoms with E-state index in [0.717, 1.165) is 6.42 Å². The van der Waals surface area contributed by atoms with E-state index in [1.807, 2.05) is 6.92 Å². The molecule has 0 aliphatic carbocycles. The van der Waals surface area contributed by atoms with Gasteiger partial charge in [-0.05, 0) is 24.1 Å². The maximum atomic E-state index is 11.7. The SMILES string of the molecule is CCC(C)COC(=O)c1ccc(N)c(OC)c1. The Morgan fingerprint density at radius 3 is 2.76 bits per heavy atom. The molecule has 0 amide bonds. The molecule has 1 unspecified atom stereocenters. The molecule has 0 aliphatic rings. The van der Waals surface area contributed by atoms with Gasteiger partial charge in [-0.2, -0.15) is 0 Å². The van der Waals surface area contributed by atoms with Crippen LogP contribution in [0.4, 0.5) is 5.69 Å². The lowest BCUT2D eigenvalue weighted by Crippen LogP contribution is -2.11. The molecule has 0 aromatic heterocycles. The van der Waals surface area contributed by atoms with Crippen molar-refractivity contribution >= 4 is 11.7 Å². The van der Waals surface area contributed by atoms with E-state index in [-0.39, 0.29) is 5.97 Å². The van der Waals surface area contributed by atoms with Crippen LogP contribution in [0, 0.1) is 5.92 Å². The topological polar surface area (TPSA) is 61.5 Å². The summed E-state index contributed by atoms with van der Waals surface area (Å²) in [6.07, 6.45) is 0.984. The number of carbonyl (C=O) groups is 1. The first-order valence-corrected chi connectivity index (χ1v) is 5.69. The summed E-state index contributed by atoms with van der Waals surface area (Å²) >= 11 is 0. The molecule has 1 atom stereocenters. The molecule has 0 saturated heterocycles. The van der Waals surface area contributed by atoms with Crippen LogP contribution >= 0.6 is 0 Å². The molecular weight excluding hydrogens is 218 g/mol. The minimum Gasteiger partial charge on any atom is -0.495 e. The molecule has 0 bridgehead atoms. The highest BCUT2D eigenvalue weighted by molar-refractivity contribution is 5.90. The predicted molar refractivity (Wildman–Crippen MR) is 67.1 cm³/mol. The molecular formula is C13H19NO3. The summed E-state index contributed by atoms with van der Waals surface area (Å²) in [5.41, 5.74) is 6.63. The fourth-order valence-electron chi connectivity index (χ4n) is 1.26. The number of nitrogens with two attached hydrogens (primary N) is 1. The minimum atomic E-state index is -0.344. The van der Waals surface area contributed by atoms with Crippen molar-refractivity contribution in [3.8, 4) is 5.75 Å². The van der Waals surface area contributed by atoms with Gasteiger partial charge in [-0.25, -0.2) is 4.79 Å². The lowest BCUT2D eigenvalue weighted by Gasteiger charge is -2.10. The maximum absolute atomic E-state index is 11.7. The number of hydrogen-bond acceptors (Lipinski definition) is 4. The van der Waals surface area contributed by atoms with Crippen molar-refractivity contribution in [1.82, 2.24) is 0 Å². The number of hydrogen-bond donors (Lipinski definition) is 1. The summed E-state index contributed by atoms with van der Waals surface area (Å²) in [4.78, 5) is 11.7. The van der Waals surface area contributed by atoms with Crippen LogP contribution in [-0.4, -0.2) is 19.7 Å². The Morgan fingerprint density at radius 1 is 1.47 bits per heavy atom. The average molecular weight is 237 g/mol. The Morgan fingerprint density at radius 2 is 2.18 bits per heavy atom. The average Bonchev–Trinajstić information content (AvgIpc) is 2.35. The van der Waals surface area contributed by atoms with Gasteiger partial charge in [0, 0.05) is 0 Å². The molecule has 0 spiro atoms. The number of ether oxygens (including phenoxy) is 2. The molecule has 0 aliphatic heterocycles. The van der Waals surface area contributed by atoms with E-state index >= 15 is 0 Å². The first-order valence-electron chi connectivity index (χ1n) is 5.69. The maximum Gasteiger partial charge on any atom is 0.338 e. The van der Waals surface area contributed by atoms with Crippen molar-refractivity contribution in [2.45, 2.75) is 20.3 Å². The van der Waals surface area contributed by atoms with Crippen LogP contribution < -0.4 is 10.5 Å². The van der Waals surface area contributed by atoms with Gasteiger partial charge in [0.1, 0.15) is 5.75 Å². The Hall–Kier alpha value is -1.71. The van der Waals surface area contributed by atoms with Crippen molar-refractivity contribution < 1.29 is 14.3 Å². The number of rotatable bonds is 5. The molecule has 0 saturated carbocycles. The molecule has 94 valence electrons.